The second-order valence-corrected chi connectivity index (χ2v) is 25.7. The fraction of sp³-hybridized carbons (Fsp3) is 0.586. The second kappa shape index (κ2) is 30.7. The van der Waals surface area contributed by atoms with Gasteiger partial charge in [-0.2, -0.15) is 55.7 Å². The van der Waals surface area contributed by atoms with Crippen molar-refractivity contribution in [1.82, 2.24) is 0 Å². The van der Waals surface area contributed by atoms with E-state index in [1.54, 1.807) is 59.9 Å². The van der Waals surface area contributed by atoms with Crippen LogP contribution in [-0.2, 0) is 31.1 Å². The molecule has 6 rings (SSSR count). The van der Waals surface area contributed by atoms with Crippen LogP contribution in [0, 0.1) is 0 Å². The van der Waals surface area contributed by atoms with Gasteiger partial charge in [0.15, 0.2) is 0 Å². The number of phenols is 4. The maximum absolute atomic E-state index is 12.9. The quantitative estimate of drug-likeness (QED) is 0.0297. The largest absolute Gasteiger partial charge is 0.508 e. The first-order chi connectivity index (χ1) is 37.3. The van der Waals surface area contributed by atoms with Crippen LogP contribution < -0.4 is 0 Å². The number of unbranched alkanes of at least 4 members (excludes halogenated alkanes) is 4. The number of phenolic OH excluding ortho intramolecular Hbond substituents is 4. The number of alkyl halides is 10. The lowest BCUT2D eigenvalue weighted by atomic mass is 9.68. The zero-order valence-corrected chi connectivity index (χ0v) is 47.9. The SMILES string of the molecule is C[C@]1(c2ccc(O)cc2)CSc2cc(O)ccc2[C@H]1CCCCCOCCCS(=O)CCCC(F)(F)C(F)(F)F.C[C@]1(c2ccc(O)cc2)CSc2cc(O)ccc2[C@H]1CCCCCOCCCSCCCC(F)(F)C(F)(F)F. The molecule has 2 heterocycles. The Labute approximate surface area is 473 Å². The minimum atomic E-state index is -5.57. The van der Waals surface area contributed by atoms with Crippen LogP contribution in [0.2, 0.25) is 0 Å². The summed E-state index contributed by atoms with van der Waals surface area (Å²) in [5, 5.41) is 39.5. The zero-order chi connectivity index (χ0) is 57.9. The van der Waals surface area contributed by atoms with E-state index in [4.69, 9.17) is 9.47 Å². The fourth-order valence-corrected chi connectivity index (χ4v) is 14.8. The monoisotopic (exact) mass is 1200 g/mol. The second-order valence-electron chi connectivity index (χ2n) is 20.8. The van der Waals surface area contributed by atoms with Crippen molar-refractivity contribution in [3.05, 3.63) is 107 Å². The molecule has 0 radical (unpaired) electrons. The van der Waals surface area contributed by atoms with Crippen molar-refractivity contribution in [2.24, 2.45) is 0 Å². The van der Waals surface area contributed by atoms with E-state index in [2.05, 4.69) is 13.8 Å². The summed E-state index contributed by atoms with van der Waals surface area (Å²) >= 11 is 4.86. The molecule has 2 aliphatic rings. The Balaban J connectivity index is 0.000000291. The predicted octanol–water partition coefficient (Wildman–Crippen LogP) is 16.9. The Morgan fingerprint density at radius 1 is 0.506 bits per heavy atom. The maximum Gasteiger partial charge on any atom is 0.453 e. The van der Waals surface area contributed by atoms with Gasteiger partial charge in [-0.05, 0) is 145 Å². The molecule has 79 heavy (non-hydrogen) atoms. The van der Waals surface area contributed by atoms with Gasteiger partial charge >= 0.3 is 24.2 Å². The predicted molar refractivity (Wildman–Crippen MR) is 298 cm³/mol. The summed E-state index contributed by atoms with van der Waals surface area (Å²) in [5.74, 6) is -5.14. The van der Waals surface area contributed by atoms with Gasteiger partial charge < -0.3 is 29.9 Å². The molecule has 0 amide bonds. The minimum absolute atomic E-state index is 0.112. The number of aromatic hydroxyl groups is 4. The molecule has 442 valence electrons. The van der Waals surface area contributed by atoms with Crippen molar-refractivity contribution in [3.63, 3.8) is 0 Å². The normalized spacial score (nSPS) is 20.0. The smallest absolute Gasteiger partial charge is 0.453 e. The number of hydrogen-bond donors (Lipinski definition) is 4. The molecule has 0 spiro atoms. The van der Waals surface area contributed by atoms with E-state index in [1.807, 2.05) is 48.5 Å². The molecule has 7 nitrogen and oxygen atoms in total. The summed E-state index contributed by atoms with van der Waals surface area (Å²) in [6, 6.07) is 26.0. The Bertz CT molecular complexity index is 2480. The molecule has 0 saturated carbocycles. The number of hydrogen-bond acceptors (Lipinski definition) is 10. The molecule has 1 unspecified atom stereocenters. The highest BCUT2D eigenvalue weighted by atomic mass is 32.2. The fourth-order valence-electron chi connectivity index (χ4n) is 10.0. The Morgan fingerprint density at radius 3 is 1.33 bits per heavy atom. The molecule has 0 saturated heterocycles. The van der Waals surface area contributed by atoms with Gasteiger partial charge in [0, 0.05) is 93.7 Å². The molecular weight excluding hydrogens is 1130 g/mol. The molecule has 4 N–H and O–H groups in total. The average molecular weight is 1200 g/mol. The molecule has 4 aromatic carbocycles. The van der Waals surface area contributed by atoms with Crippen molar-refractivity contribution in [2.75, 3.05) is 60.9 Å². The van der Waals surface area contributed by atoms with Crippen LogP contribution in [0.3, 0.4) is 0 Å². The van der Waals surface area contributed by atoms with Gasteiger partial charge in [-0.1, -0.05) is 75.9 Å². The van der Waals surface area contributed by atoms with Crippen molar-refractivity contribution >= 4 is 46.1 Å². The maximum atomic E-state index is 12.9. The van der Waals surface area contributed by atoms with Crippen LogP contribution >= 0.6 is 35.3 Å². The third-order valence-electron chi connectivity index (χ3n) is 14.7. The number of fused-ring (bicyclic) bond motifs is 2. The van der Waals surface area contributed by atoms with Crippen molar-refractivity contribution in [3.8, 4) is 23.0 Å². The van der Waals surface area contributed by atoms with Crippen LogP contribution in [0.5, 0.6) is 23.0 Å². The molecule has 0 aliphatic carbocycles. The van der Waals surface area contributed by atoms with Crippen molar-refractivity contribution < 1.29 is 78.0 Å². The van der Waals surface area contributed by atoms with Gasteiger partial charge in [0.1, 0.15) is 23.0 Å². The van der Waals surface area contributed by atoms with Crippen LogP contribution in [0.4, 0.5) is 43.9 Å². The number of halogens is 10. The lowest BCUT2D eigenvalue weighted by Gasteiger charge is -2.43. The first kappa shape index (κ1) is 66.3. The molecule has 0 fully saturated rings. The molecule has 4 aromatic rings. The first-order valence-corrected chi connectivity index (χ1v) is 31.4. The Kier molecular flexibility index (Phi) is 25.8. The topological polar surface area (TPSA) is 116 Å². The summed E-state index contributed by atoms with van der Waals surface area (Å²) < 4.78 is 148. The number of ether oxygens (including phenoxy) is 2. The van der Waals surface area contributed by atoms with Crippen molar-refractivity contribution in [1.29, 1.82) is 0 Å². The summed E-state index contributed by atoms with van der Waals surface area (Å²) in [5.41, 5.74) is 4.56. The van der Waals surface area contributed by atoms with E-state index in [-0.39, 0.29) is 69.3 Å². The standard InChI is InChI=1S/C29H37F5O4S2.C29H37F5O3S2/c1-27(21-8-10-22(35)11-9-21)20-39-26-19-23(36)12-13-24(26)25(27)7-3-2-4-15-38-16-6-18-40(37)17-5-14-28(30,31)29(32,33)34;1-27(21-8-10-22(35)11-9-21)20-39-26-19-23(36)12-13-24(26)25(27)7-3-2-4-15-37-16-6-18-38-17-5-14-28(30,31)29(32,33)34/h8-13,19,25,35-36H,2-7,14-18,20H2,1H3;8-13,19,25,35-36H,2-7,14-18,20H2,1H3/t25-,27-,40?;25-,27-/m11/s1. The highest BCUT2D eigenvalue weighted by molar-refractivity contribution is 7.99. The van der Waals surface area contributed by atoms with E-state index in [9.17, 15) is 68.5 Å². The number of benzene rings is 4. The lowest BCUT2D eigenvalue weighted by Crippen LogP contribution is -2.36. The molecule has 2 aliphatic heterocycles. The molecule has 5 atom stereocenters. The third kappa shape index (κ3) is 19.8. The molecular formula is C58H74F10O7S4. The van der Waals surface area contributed by atoms with Crippen LogP contribution in [-0.4, -0.2) is 110 Å². The van der Waals surface area contributed by atoms with Gasteiger partial charge in [-0.3, -0.25) is 4.21 Å². The zero-order valence-electron chi connectivity index (χ0n) is 44.6. The summed E-state index contributed by atoms with van der Waals surface area (Å²) in [7, 11) is -1.45. The van der Waals surface area contributed by atoms with Gasteiger partial charge in [0.2, 0.25) is 0 Å². The van der Waals surface area contributed by atoms with Gasteiger partial charge in [0.25, 0.3) is 0 Å². The van der Waals surface area contributed by atoms with Crippen LogP contribution in [0.1, 0.15) is 138 Å². The van der Waals surface area contributed by atoms with E-state index >= 15 is 0 Å². The van der Waals surface area contributed by atoms with E-state index in [0.717, 1.165) is 84.6 Å². The van der Waals surface area contributed by atoms with E-state index in [1.165, 1.54) is 28.5 Å². The van der Waals surface area contributed by atoms with E-state index in [0.29, 0.717) is 38.6 Å². The molecule has 21 heteroatoms. The molecule has 0 aromatic heterocycles. The average Bonchev–Trinajstić information content (AvgIpc) is 3.39. The Hall–Kier alpha value is -3.50. The van der Waals surface area contributed by atoms with Crippen LogP contribution in [0.25, 0.3) is 0 Å². The number of rotatable bonds is 30. The number of thioether (sulfide) groups is 3. The Morgan fingerprint density at radius 2 is 0.886 bits per heavy atom. The van der Waals surface area contributed by atoms with Gasteiger partial charge in [-0.15, -0.1) is 23.5 Å². The summed E-state index contributed by atoms with van der Waals surface area (Å²) in [4.78, 5) is 2.21. The van der Waals surface area contributed by atoms with Crippen molar-refractivity contribution in [2.45, 2.75) is 160 Å². The highest BCUT2D eigenvalue weighted by Gasteiger charge is 2.57. The van der Waals surface area contributed by atoms with Crippen LogP contribution in [0.15, 0.2) is 94.7 Å². The van der Waals surface area contributed by atoms with Gasteiger partial charge in [-0.25, -0.2) is 0 Å². The minimum Gasteiger partial charge on any atom is -0.508 e. The molecule has 0 bridgehead atoms. The third-order valence-corrected chi connectivity index (χ3v) is 20.1. The first-order valence-electron chi connectivity index (χ1n) is 26.8. The summed E-state index contributed by atoms with van der Waals surface area (Å²) in [6.07, 6.45) is -5.35. The highest BCUT2D eigenvalue weighted by Crippen LogP contribution is 2.54. The van der Waals surface area contributed by atoms with Gasteiger partial charge in [0.05, 0.1) is 0 Å². The van der Waals surface area contributed by atoms with E-state index < -0.39 is 54.3 Å². The lowest BCUT2D eigenvalue weighted by molar-refractivity contribution is -0.284. The summed E-state index contributed by atoms with van der Waals surface area (Å²) in [6.45, 7) is 6.59.